The minimum Gasteiger partial charge on any atom is -0.444 e. The van der Waals surface area contributed by atoms with Gasteiger partial charge in [-0.3, -0.25) is 46.8 Å². The van der Waals surface area contributed by atoms with Crippen LogP contribution in [-0.2, 0) is 50.8 Å². The number of likely N-dealkylation sites (tertiary alicyclic amines) is 2. The molecule has 0 unspecified atom stereocenters. The molecule has 0 saturated carbocycles. The lowest BCUT2D eigenvalue weighted by atomic mass is 9.96. The summed E-state index contributed by atoms with van der Waals surface area (Å²) in [6.45, 7) is 22.0. The van der Waals surface area contributed by atoms with Crippen molar-refractivity contribution in [2.45, 2.75) is 91.5 Å². The number of nitrogens with zero attached hydrogens (tertiary/aromatic N) is 18. The molecule has 94 heavy (non-hydrogen) atoms. The van der Waals surface area contributed by atoms with E-state index in [1.807, 2.05) is 41.5 Å². The van der Waals surface area contributed by atoms with Crippen molar-refractivity contribution < 1.29 is 27.9 Å². The maximum Gasteiger partial charge on any atom is 0.410 e. The lowest BCUT2D eigenvalue weighted by molar-refractivity contribution is 0.0158. The van der Waals surface area contributed by atoms with Crippen LogP contribution in [0.2, 0.25) is 20.1 Å². The van der Waals surface area contributed by atoms with Gasteiger partial charge in [0, 0.05) is 131 Å². The van der Waals surface area contributed by atoms with Gasteiger partial charge in [0.2, 0.25) is 35.5 Å². The molecule has 2 amide bonds. The monoisotopic (exact) mass is 1370 g/mol. The number of fused-ring (bicyclic) bond motifs is 2. The first-order valence-corrected chi connectivity index (χ1v) is 32.9. The fourth-order valence-corrected chi connectivity index (χ4v) is 12.9. The van der Waals surface area contributed by atoms with Crippen molar-refractivity contribution in [2.24, 2.45) is 40.0 Å². The van der Waals surface area contributed by atoms with Crippen LogP contribution in [0.1, 0.15) is 79.0 Å². The van der Waals surface area contributed by atoms with Gasteiger partial charge in [0.05, 0.1) is 20.1 Å². The van der Waals surface area contributed by atoms with Gasteiger partial charge in [0.1, 0.15) is 24.3 Å². The molecule has 0 spiro atoms. The Bertz CT molecular complexity index is 4090. The lowest BCUT2D eigenvalue weighted by Gasteiger charge is -2.39. The Balaban J connectivity index is 0.000000192. The van der Waals surface area contributed by atoms with E-state index >= 15 is 0 Å². The Morgan fingerprint density at radius 3 is 1.17 bits per heavy atom. The quantitative estimate of drug-likeness (QED) is 0.117. The predicted octanol–water partition coefficient (Wildman–Crippen LogP) is 7.22. The number of carbonyl (C=O) groups excluding carboxylic acids is 2. The average Bonchev–Trinajstić information content (AvgIpc) is 1.59. The summed E-state index contributed by atoms with van der Waals surface area (Å²) in [6.07, 6.45) is 3.24. The number of aromatic nitrogens is 12. The molecule has 8 aromatic rings. The summed E-state index contributed by atoms with van der Waals surface area (Å²) in [5.41, 5.74) is -0.486. The standard InChI is InChI=1S/2C31H39Cl2N9O5/c2*1-31(2,3)47-30(45)41-10-8-19(9-11-41)17-39-12-14-40(15-13-39)28-34-25-24(27(43)38(5)29(44)37(25)4)42(28)18-23-35-36-26(46-23)20-6-7-21(32)22(33)16-20/h2*6-7,16,19H,8-15,17-18H2,1-5H3. The highest BCUT2D eigenvalue weighted by molar-refractivity contribution is 6.42. The molecule has 0 radical (unpaired) electrons. The number of benzene rings is 2. The van der Waals surface area contributed by atoms with Crippen molar-refractivity contribution in [1.82, 2.24) is 77.4 Å². The third kappa shape index (κ3) is 14.9. The van der Waals surface area contributed by atoms with E-state index in [-0.39, 0.29) is 71.2 Å². The van der Waals surface area contributed by atoms with E-state index < -0.39 is 33.7 Å². The molecule has 2 aromatic carbocycles. The Morgan fingerprint density at radius 1 is 0.489 bits per heavy atom. The van der Waals surface area contributed by atoms with E-state index in [4.69, 9.17) is 74.7 Å². The number of aryl methyl sites for hydroxylation is 2. The van der Waals surface area contributed by atoms with Crippen molar-refractivity contribution in [1.29, 1.82) is 0 Å². The van der Waals surface area contributed by atoms with Crippen molar-refractivity contribution in [3.8, 4) is 22.9 Å². The number of hydrogen-bond acceptors (Lipinski definition) is 20. The second-order valence-corrected chi connectivity index (χ2v) is 28.0. The highest BCUT2D eigenvalue weighted by atomic mass is 35.5. The zero-order chi connectivity index (χ0) is 67.2. The number of ether oxygens (including phenoxy) is 2. The van der Waals surface area contributed by atoms with Gasteiger partial charge in [-0.1, -0.05) is 46.4 Å². The topological polar surface area (TPSA) is 274 Å². The fraction of sp³-hybridized carbons (Fsp3) is 0.548. The van der Waals surface area contributed by atoms with E-state index in [0.717, 1.165) is 74.1 Å². The van der Waals surface area contributed by atoms with Crippen molar-refractivity contribution in [2.75, 3.05) is 101 Å². The molecule has 504 valence electrons. The number of anilines is 2. The van der Waals surface area contributed by atoms with Crippen LogP contribution in [-0.4, -0.2) is 192 Å². The number of rotatable bonds is 12. The number of amides is 2. The van der Waals surface area contributed by atoms with Crippen LogP contribution in [0.15, 0.2) is 64.4 Å². The molecule has 0 atom stereocenters. The van der Waals surface area contributed by atoms with Crippen molar-refractivity contribution in [3.05, 3.63) is 110 Å². The Morgan fingerprint density at radius 2 is 0.840 bits per heavy atom. The largest absolute Gasteiger partial charge is 0.444 e. The number of carbonyl (C=O) groups is 2. The summed E-state index contributed by atoms with van der Waals surface area (Å²) in [5.74, 6) is 3.13. The number of piperazine rings is 2. The van der Waals surface area contributed by atoms with Crippen LogP contribution >= 0.6 is 46.4 Å². The molecule has 12 rings (SSSR count). The lowest BCUT2D eigenvalue weighted by Crippen LogP contribution is -2.50. The van der Waals surface area contributed by atoms with Gasteiger partial charge >= 0.3 is 23.6 Å². The van der Waals surface area contributed by atoms with E-state index in [2.05, 4.69) is 40.0 Å². The second-order valence-electron chi connectivity index (χ2n) is 26.4. The average molecular weight is 1380 g/mol. The second kappa shape index (κ2) is 27.5. The van der Waals surface area contributed by atoms with Crippen LogP contribution < -0.4 is 32.3 Å². The van der Waals surface area contributed by atoms with Gasteiger partial charge in [0.25, 0.3) is 11.1 Å². The van der Waals surface area contributed by atoms with Gasteiger partial charge in [-0.2, -0.15) is 9.97 Å². The fourth-order valence-electron chi connectivity index (χ4n) is 12.3. The molecular formula is C62H78Cl4N18O10. The summed E-state index contributed by atoms with van der Waals surface area (Å²) in [7, 11) is 6.11. The Hall–Kier alpha value is -7.76. The smallest absolute Gasteiger partial charge is 0.410 e. The summed E-state index contributed by atoms with van der Waals surface area (Å²) in [4.78, 5) is 99.8. The molecule has 10 heterocycles. The molecule has 0 bridgehead atoms. The molecule has 4 aliphatic rings. The predicted molar refractivity (Wildman–Crippen MR) is 357 cm³/mol. The highest BCUT2D eigenvalue weighted by Gasteiger charge is 2.34. The minimum atomic E-state index is -0.504. The van der Waals surface area contributed by atoms with Crippen molar-refractivity contribution in [3.63, 3.8) is 0 Å². The van der Waals surface area contributed by atoms with Gasteiger partial charge in [-0.05, 0) is 115 Å². The third-order valence-corrected chi connectivity index (χ3v) is 18.9. The summed E-state index contributed by atoms with van der Waals surface area (Å²) in [6, 6.07) is 10.1. The SMILES string of the molecule is Cn1c(=O)c2c(nc(N3CCN(CC4CCN(C(=O)OC(C)(C)C)CC4)CC3)n2Cc2nnc(-c3ccc(Cl)c(Cl)c3)o2)n(C)c1=O.Cn1c(=O)c2c(nc(N3CCN(CC4CCN(C(=O)OC(C)(C)C)CC4)CC3)n2Cc2nnc(-c3ccc(Cl)c(Cl)c3)o2)n(C)c1=O. The van der Waals surface area contributed by atoms with Crippen LogP contribution in [0.3, 0.4) is 0 Å². The van der Waals surface area contributed by atoms with Gasteiger partial charge in [-0.15, -0.1) is 20.4 Å². The maximum atomic E-state index is 13.4. The first kappa shape index (κ1) is 67.7. The molecule has 6 aromatic heterocycles. The number of imidazole rings is 2. The molecule has 28 nitrogen and oxygen atoms in total. The Kier molecular flexibility index (Phi) is 19.8. The van der Waals surface area contributed by atoms with E-state index in [9.17, 15) is 28.8 Å². The van der Waals surface area contributed by atoms with Crippen LogP contribution in [0, 0.1) is 11.8 Å². The van der Waals surface area contributed by atoms with Crippen LogP contribution in [0.25, 0.3) is 45.2 Å². The van der Waals surface area contributed by atoms with E-state index in [1.165, 1.54) is 23.2 Å². The first-order valence-electron chi connectivity index (χ1n) is 31.4. The van der Waals surface area contributed by atoms with Crippen molar-refractivity contribution >= 4 is 92.8 Å². The van der Waals surface area contributed by atoms with Gasteiger partial charge in [0.15, 0.2) is 22.3 Å². The highest BCUT2D eigenvalue weighted by Crippen LogP contribution is 2.32. The van der Waals surface area contributed by atoms with Gasteiger partial charge < -0.3 is 37.9 Å². The number of halogens is 4. The van der Waals surface area contributed by atoms with E-state index in [1.54, 1.807) is 69.4 Å². The maximum absolute atomic E-state index is 13.4. The zero-order valence-corrected chi connectivity index (χ0v) is 57.4. The Labute approximate surface area is 561 Å². The van der Waals surface area contributed by atoms with Crippen LogP contribution in [0.4, 0.5) is 21.5 Å². The number of hydrogen-bond donors (Lipinski definition) is 0. The normalized spacial score (nSPS) is 16.7. The molecule has 32 heteroatoms. The summed E-state index contributed by atoms with van der Waals surface area (Å²) < 4.78 is 31.5. The third-order valence-electron chi connectivity index (χ3n) is 17.4. The summed E-state index contributed by atoms with van der Waals surface area (Å²) in [5, 5.41) is 18.4. The first-order chi connectivity index (χ1) is 44.6. The molecule has 4 fully saturated rings. The van der Waals surface area contributed by atoms with Crippen LogP contribution in [0.5, 0.6) is 0 Å². The molecule has 0 N–H and O–H groups in total. The molecule has 4 saturated heterocycles. The minimum absolute atomic E-state index is 0.0734. The zero-order valence-electron chi connectivity index (χ0n) is 54.4. The summed E-state index contributed by atoms with van der Waals surface area (Å²) >= 11 is 24.5. The van der Waals surface area contributed by atoms with E-state index in [0.29, 0.717) is 107 Å². The molecule has 4 aliphatic heterocycles. The number of piperidine rings is 2. The van der Waals surface area contributed by atoms with Gasteiger partial charge in [-0.25, -0.2) is 19.2 Å². The molecule has 0 aliphatic carbocycles. The molecular weight excluding hydrogens is 1300 g/mol.